The van der Waals surface area contributed by atoms with E-state index in [1.165, 1.54) is 4.90 Å². The van der Waals surface area contributed by atoms with Crippen LogP contribution in [0.25, 0.3) is 0 Å². The van der Waals surface area contributed by atoms with E-state index in [1.807, 2.05) is 5.32 Å². The van der Waals surface area contributed by atoms with Gasteiger partial charge in [0.05, 0.1) is 13.0 Å². The fourth-order valence-electron chi connectivity index (χ4n) is 1.08. The van der Waals surface area contributed by atoms with Crippen LogP contribution < -0.4 is 16.4 Å². The number of nitrogens with zero attached hydrogens (tertiary/aromatic N) is 1. The highest BCUT2D eigenvalue weighted by Crippen LogP contribution is 1.91. The zero-order chi connectivity index (χ0) is 15.0. The van der Waals surface area contributed by atoms with Gasteiger partial charge < -0.3 is 26.4 Å². The zero-order valence-corrected chi connectivity index (χ0v) is 10.8. The van der Waals surface area contributed by atoms with Crippen LogP contribution in [0.2, 0.25) is 0 Å². The molecule has 0 heterocycles. The largest absolute Gasteiger partial charge is 0.480 e. The van der Waals surface area contributed by atoms with E-state index in [1.54, 1.807) is 14.0 Å². The number of nitrogens with one attached hydrogen (secondary N) is 2. The van der Waals surface area contributed by atoms with E-state index in [-0.39, 0.29) is 12.5 Å². The summed E-state index contributed by atoms with van der Waals surface area (Å²) in [4.78, 5) is 45.5. The molecule has 9 heteroatoms. The second-order valence-corrected chi connectivity index (χ2v) is 3.80. The van der Waals surface area contributed by atoms with Gasteiger partial charge in [0, 0.05) is 13.6 Å². The highest BCUT2D eigenvalue weighted by molar-refractivity contribution is 5.89. The van der Waals surface area contributed by atoms with Crippen molar-refractivity contribution < 1.29 is 24.3 Å². The number of carbonyl (C=O) groups is 4. The maximum atomic E-state index is 11.4. The smallest absolute Gasteiger partial charge is 0.326 e. The Kier molecular flexibility index (Phi) is 6.94. The predicted octanol–water partition coefficient (Wildman–Crippen LogP) is -1.91. The quantitative estimate of drug-likeness (QED) is 0.428. The summed E-state index contributed by atoms with van der Waals surface area (Å²) in [5.41, 5.74) is 4.85. The van der Waals surface area contributed by atoms with E-state index < -0.39 is 30.4 Å². The van der Waals surface area contributed by atoms with E-state index in [2.05, 4.69) is 5.32 Å². The van der Waals surface area contributed by atoms with Crippen LogP contribution >= 0.6 is 0 Å². The van der Waals surface area contributed by atoms with Gasteiger partial charge in [0.25, 0.3) is 0 Å². The van der Waals surface area contributed by atoms with Gasteiger partial charge in [0.15, 0.2) is 0 Å². The highest BCUT2D eigenvalue weighted by Gasteiger charge is 2.22. The average molecular weight is 274 g/mol. The van der Waals surface area contributed by atoms with Crippen LogP contribution in [0.15, 0.2) is 0 Å². The third-order valence-corrected chi connectivity index (χ3v) is 2.31. The van der Waals surface area contributed by atoms with Gasteiger partial charge in [-0.15, -0.1) is 0 Å². The third kappa shape index (κ3) is 6.86. The Morgan fingerprint density at radius 1 is 1.32 bits per heavy atom. The van der Waals surface area contributed by atoms with Gasteiger partial charge in [-0.1, -0.05) is 0 Å². The van der Waals surface area contributed by atoms with Crippen LogP contribution in [0.5, 0.6) is 0 Å². The lowest BCUT2D eigenvalue weighted by Crippen LogP contribution is -2.49. The Hall–Kier alpha value is -2.32. The minimum absolute atomic E-state index is 0.265. The molecule has 5 N–H and O–H groups in total. The zero-order valence-electron chi connectivity index (χ0n) is 10.8. The summed E-state index contributed by atoms with van der Waals surface area (Å²) < 4.78 is 0. The summed E-state index contributed by atoms with van der Waals surface area (Å²) in [6, 6.07) is -2.27. The van der Waals surface area contributed by atoms with Gasteiger partial charge in [-0.25, -0.2) is 9.59 Å². The molecule has 0 radical (unpaired) electrons. The number of nitrogens with two attached hydrogens (primary N) is 1. The van der Waals surface area contributed by atoms with Gasteiger partial charge in [0.1, 0.15) is 6.04 Å². The van der Waals surface area contributed by atoms with Crippen LogP contribution in [0.4, 0.5) is 4.79 Å². The Morgan fingerprint density at radius 3 is 2.32 bits per heavy atom. The fraction of sp³-hybridized carbons (Fsp3) is 0.600. The number of amides is 4. The second-order valence-electron chi connectivity index (χ2n) is 3.80. The van der Waals surface area contributed by atoms with Gasteiger partial charge in [-0.3, -0.25) is 9.59 Å². The van der Waals surface area contributed by atoms with Crippen molar-refractivity contribution in [3.63, 3.8) is 0 Å². The average Bonchev–Trinajstić information content (AvgIpc) is 2.33. The normalized spacial score (nSPS) is 11.3. The van der Waals surface area contributed by atoms with Gasteiger partial charge in [-0.05, 0) is 6.92 Å². The first kappa shape index (κ1) is 16.7. The lowest BCUT2D eigenvalue weighted by molar-refractivity contribution is -0.140. The van der Waals surface area contributed by atoms with E-state index in [9.17, 15) is 19.2 Å². The van der Waals surface area contributed by atoms with Gasteiger partial charge in [0.2, 0.25) is 11.8 Å². The molecule has 0 aliphatic carbocycles. The van der Waals surface area contributed by atoms with Crippen molar-refractivity contribution in [2.45, 2.75) is 19.4 Å². The molecule has 4 amide bonds. The monoisotopic (exact) mass is 274 g/mol. The number of carboxylic acid groups (broad SMARTS) is 1. The van der Waals surface area contributed by atoms with E-state index in [0.29, 0.717) is 6.54 Å². The minimum atomic E-state index is -1.42. The number of hydrogen-bond acceptors (Lipinski definition) is 4. The number of rotatable bonds is 7. The maximum absolute atomic E-state index is 11.4. The van der Waals surface area contributed by atoms with E-state index in [0.717, 1.165) is 0 Å². The molecule has 108 valence electrons. The summed E-state index contributed by atoms with van der Waals surface area (Å²) in [6.07, 6.45) is -0.522. The molecule has 9 nitrogen and oxygen atoms in total. The molecule has 0 rings (SSSR count). The van der Waals surface area contributed by atoms with Crippen LogP contribution in [0.1, 0.15) is 13.3 Å². The molecule has 0 aliphatic rings. The molecule has 0 aromatic rings. The topological polar surface area (TPSA) is 142 Å². The molecular formula is C10H18N4O5. The number of carbonyl (C=O) groups excluding carboxylic acids is 3. The van der Waals surface area contributed by atoms with Crippen molar-refractivity contribution in [2.24, 2.45) is 5.73 Å². The Balaban J connectivity index is 4.24. The molecule has 19 heavy (non-hydrogen) atoms. The molecule has 0 saturated carbocycles. The predicted molar refractivity (Wildman–Crippen MR) is 65.1 cm³/mol. The van der Waals surface area contributed by atoms with Crippen LogP contribution in [-0.4, -0.2) is 60.0 Å². The van der Waals surface area contributed by atoms with Gasteiger partial charge >= 0.3 is 12.0 Å². The van der Waals surface area contributed by atoms with Crippen molar-refractivity contribution in [1.82, 2.24) is 15.5 Å². The first-order valence-corrected chi connectivity index (χ1v) is 5.57. The van der Waals surface area contributed by atoms with E-state index in [4.69, 9.17) is 10.8 Å². The molecular weight excluding hydrogens is 256 g/mol. The number of urea groups is 1. The third-order valence-electron chi connectivity index (χ3n) is 2.31. The second kappa shape index (κ2) is 7.90. The molecule has 0 saturated heterocycles. The molecule has 0 spiro atoms. The Bertz CT molecular complexity index is 371. The number of primary amides is 1. The molecule has 0 aromatic carbocycles. The van der Waals surface area contributed by atoms with Crippen molar-refractivity contribution in [1.29, 1.82) is 0 Å². The molecule has 0 unspecified atom stereocenters. The number of hydrogen-bond donors (Lipinski definition) is 4. The molecule has 0 aromatic heterocycles. The SMILES string of the molecule is CCN(C)C(=O)CNC(=O)N[C@H](CC(N)=O)C(=O)O. The van der Waals surface area contributed by atoms with Crippen molar-refractivity contribution in [2.75, 3.05) is 20.1 Å². The first-order chi connectivity index (χ1) is 8.77. The lowest BCUT2D eigenvalue weighted by Gasteiger charge is -2.16. The standard InChI is InChI=1S/C10H18N4O5/c1-3-14(2)8(16)5-12-10(19)13-6(9(17)18)4-7(11)15/h6H,3-5H2,1-2H3,(H2,11,15)(H,17,18)(H2,12,13,19)/t6-/m1/s1. The Morgan fingerprint density at radius 2 is 1.89 bits per heavy atom. The summed E-state index contributed by atoms with van der Waals surface area (Å²) >= 11 is 0. The van der Waals surface area contributed by atoms with Gasteiger partial charge in [-0.2, -0.15) is 0 Å². The fourth-order valence-corrected chi connectivity index (χ4v) is 1.08. The van der Waals surface area contributed by atoms with E-state index >= 15 is 0 Å². The summed E-state index contributed by atoms with van der Waals surface area (Å²) in [5.74, 6) is -2.56. The van der Waals surface area contributed by atoms with Crippen LogP contribution in [-0.2, 0) is 14.4 Å². The molecule has 0 aliphatic heterocycles. The van der Waals surface area contributed by atoms with Crippen molar-refractivity contribution in [3.8, 4) is 0 Å². The highest BCUT2D eigenvalue weighted by atomic mass is 16.4. The Labute approximate surface area is 110 Å². The van der Waals surface area contributed by atoms with Crippen LogP contribution in [0, 0.1) is 0 Å². The molecule has 0 bridgehead atoms. The van der Waals surface area contributed by atoms with Crippen LogP contribution in [0.3, 0.4) is 0 Å². The lowest BCUT2D eigenvalue weighted by atomic mass is 10.2. The number of carboxylic acids is 1. The number of likely N-dealkylation sites (N-methyl/N-ethyl adjacent to an activating group) is 1. The molecule has 1 atom stereocenters. The summed E-state index contributed by atoms with van der Waals surface area (Å²) in [6.45, 7) is 1.99. The van der Waals surface area contributed by atoms with Crippen molar-refractivity contribution in [3.05, 3.63) is 0 Å². The van der Waals surface area contributed by atoms with Crippen molar-refractivity contribution >= 4 is 23.8 Å². The summed E-state index contributed by atoms with van der Waals surface area (Å²) in [5, 5.41) is 13.0. The number of aliphatic carboxylic acids is 1. The molecule has 0 fully saturated rings. The summed E-state index contributed by atoms with van der Waals surface area (Å²) in [7, 11) is 1.56. The maximum Gasteiger partial charge on any atom is 0.326 e. The minimum Gasteiger partial charge on any atom is -0.480 e. The first-order valence-electron chi connectivity index (χ1n) is 5.57.